The lowest BCUT2D eigenvalue weighted by Gasteiger charge is -2.03. The first-order valence-corrected chi connectivity index (χ1v) is 4.72. The number of hydrogen-bond donors (Lipinski definition) is 0. The summed E-state index contributed by atoms with van der Waals surface area (Å²) in [7, 11) is 0. The molecule has 3 heteroatoms. The van der Waals surface area contributed by atoms with E-state index in [0.29, 0.717) is 12.0 Å². The van der Waals surface area contributed by atoms with E-state index in [0.717, 1.165) is 12.0 Å². The highest BCUT2D eigenvalue weighted by atomic mass is 16.3. The molecule has 0 fully saturated rings. The Morgan fingerprint density at radius 3 is 2.57 bits per heavy atom. The average Bonchev–Trinajstić information content (AvgIpc) is 2.27. The zero-order valence-electron chi connectivity index (χ0n) is 8.41. The van der Waals surface area contributed by atoms with E-state index < -0.39 is 0 Å². The summed E-state index contributed by atoms with van der Waals surface area (Å²) >= 11 is 0. The van der Waals surface area contributed by atoms with Gasteiger partial charge in [-0.1, -0.05) is 19.9 Å². The maximum Gasteiger partial charge on any atom is 0.164 e. The third kappa shape index (κ3) is 2.05. The van der Waals surface area contributed by atoms with Crippen LogP contribution in [0.2, 0.25) is 0 Å². The van der Waals surface area contributed by atoms with Gasteiger partial charge in [-0.25, -0.2) is 0 Å². The first-order chi connectivity index (χ1) is 6.72. The molecule has 0 radical (unpaired) electrons. The number of rotatable bonds is 4. The number of Topliss-reactive ketones (excluding diaryl/α,β-unsaturated/α-hetero) is 1. The molecule has 0 aliphatic carbocycles. The molecule has 1 aromatic carbocycles. The highest BCUT2D eigenvalue weighted by Gasteiger charge is 2.10. The number of nitrogens with zero attached hydrogens (tertiary/aromatic N) is 1. The third-order valence-electron chi connectivity index (χ3n) is 2.19. The van der Waals surface area contributed by atoms with Crippen molar-refractivity contribution in [3.8, 4) is 0 Å². The van der Waals surface area contributed by atoms with Crippen LogP contribution in [-0.4, -0.2) is 5.78 Å². The van der Waals surface area contributed by atoms with E-state index in [4.69, 9.17) is 0 Å². The van der Waals surface area contributed by atoms with E-state index in [1.807, 2.05) is 13.0 Å². The van der Waals surface area contributed by atoms with Gasteiger partial charge in [0, 0.05) is 12.0 Å². The van der Waals surface area contributed by atoms with Gasteiger partial charge in [0.2, 0.25) is 0 Å². The van der Waals surface area contributed by atoms with E-state index in [-0.39, 0.29) is 11.5 Å². The predicted molar refractivity (Wildman–Crippen MR) is 55.9 cm³/mol. The Hall–Kier alpha value is -1.51. The van der Waals surface area contributed by atoms with Crippen molar-refractivity contribution in [2.24, 2.45) is 5.18 Å². The van der Waals surface area contributed by atoms with Crippen molar-refractivity contribution < 1.29 is 4.79 Å². The smallest absolute Gasteiger partial charge is 0.164 e. The second-order valence-electron chi connectivity index (χ2n) is 3.07. The van der Waals surface area contributed by atoms with Gasteiger partial charge in [-0.3, -0.25) is 4.79 Å². The second-order valence-corrected chi connectivity index (χ2v) is 3.07. The minimum absolute atomic E-state index is 0.0325. The summed E-state index contributed by atoms with van der Waals surface area (Å²) in [5.41, 5.74) is 1.74. The number of hydrogen-bond acceptors (Lipinski definition) is 3. The lowest BCUT2D eigenvalue weighted by Crippen LogP contribution is -1.98. The van der Waals surface area contributed by atoms with Gasteiger partial charge in [0.15, 0.2) is 5.78 Å². The molecule has 0 aromatic heterocycles. The predicted octanol–water partition coefficient (Wildman–Crippen LogP) is 3.24. The Balaban J connectivity index is 3.21. The normalized spacial score (nSPS) is 9.86. The Kier molecular flexibility index (Phi) is 3.51. The summed E-state index contributed by atoms with van der Waals surface area (Å²) in [5, 5.41) is 2.84. The standard InChI is InChI=1S/C11H13NO2/c1-3-8-5-6-10(12-14)9(7-8)11(13)4-2/h5-7H,3-4H2,1-2H3. The number of nitroso groups, excluding NO2 is 1. The SMILES string of the molecule is CCC(=O)c1cc(CC)ccc1N=O. The quantitative estimate of drug-likeness (QED) is 0.541. The monoisotopic (exact) mass is 191 g/mol. The minimum Gasteiger partial charge on any atom is -0.294 e. The van der Waals surface area contributed by atoms with Crippen LogP contribution in [0.4, 0.5) is 5.69 Å². The number of benzene rings is 1. The first kappa shape index (κ1) is 10.6. The molecule has 0 aliphatic heterocycles. The molecular formula is C11H13NO2. The van der Waals surface area contributed by atoms with Crippen molar-refractivity contribution in [3.05, 3.63) is 34.2 Å². The highest BCUT2D eigenvalue weighted by molar-refractivity contribution is 6.00. The van der Waals surface area contributed by atoms with Gasteiger partial charge in [0.05, 0.1) is 0 Å². The van der Waals surface area contributed by atoms with E-state index in [1.165, 1.54) is 0 Å². The lowest BCUT2D eigenvalue weighted by atomic mass is 10.0. The zero-order chi connectivity index (χ0) is 10.6. The highest BCUT2D eigenvalue weighted by Crippen LogP contribution is 2.22. The van der Waals surface area contributed by atoms with Gasteiger partial charge in [0.25, 0.3) is 0 Å². The maximum absolute atomic E-state index is 11.5. The van der Waals surface area contributed by atoms with Crippen molar-refractivity contribution in [1.82, 2.24) is 0 Å². The van der Waals surface area contributed by atoms with E-state index in [9.17, 15) is 9.70 Å². The molecule has 0 N–H and O–H groups in total. The molecule has 0 saturated heterocycles. The van der Waals surface area contributed by atoms with Crippen LogP contribution in [0.5, 0.6) is 0 Å². The van der Waals surface area contributed by atoms with Crippen LogP contribution < -0.4 is 0 Å². The van der Waals surface area contributed by atoms with Gasteiger partial charge in [-0.15, -0.1) is 4.91 Å². The van der Waals surface area contributed by atoms with Gasteiger partial charge >= 0.3 is 0 Å². The lowest BCUT2D eigenvalue weighted by molar-refractivity contribution is 0.0989. The van der Waals surface area contributed by atoms with E-state index in [1.54, 1.807) is 19.1 Å². The molecule has 3 nitrogen and oxygen atoms in total. The molecule has 0 bridgehead atoms. The maximum atomic E-state index is 11.5. The number of ketones is 1. The van der Waals surface area contributed by atoms with Crippen LogP contribution in [0.25, 0.3) is 0 Å². The number of aryl methyl sites for hydroxylation is 1. The van der Waals surface area contributed by atoms with E-state index >= 15 is 0 Å². The van der Waals surface area contributed by atoms with Crippen molar-refractivity contribution in [1.29, 1.82) is 0 Å². The van der Waals surface area contributed by atoms with Gasteiger partial charge < -0.3 is 0 Å². The Morgan fingerprint density at radius 1 is 1.36 bits per heavy atom. The van der Waals surface area contributed by atoms with Crippen LogP contribution in [-0.2, 0) is 6.42 Å². The fourth-order valence-electron chi connectivity index (χ4n) is 1.30. The summed E-state index contributed by atoms with van der Waals surface area (Å²) in [6, 6.07) is 5.18. The zero-order valence-corrected chi connectivity index (χ0v) is 8.41. The van der Waals surface area contributed by atoms with Crippen LogP contribution >= 0.6 is 0 Å². The second kappa shape index (κ2) is 4.65. The fraction of sp³-hybridized carbons (Fsp3) is 0.364. The van der Waals surface area contributed by atoms with Crippen LogP contribution in [0.3, 0.4) is 0 Å². The summed E-state index contributed by atoms with van der Waals surface area (Å²) in [6.07, 6.45) is 1.25. The summed E-state index contributed by atoms with van der Waals surface area (Å²) in [5.74, 6) is -0.0325. The van der Waals surface area contributed by atoms with Gasteiger partial charge in [-0.2, -0.15) is 0 Å². The molecule has 0 heterocycles. The van der Waals surface area contributed by atoms with Gasteiger partial charge in [0.1, 0.15) is 5.69 Å². The topological polar surface area (TPSA) is 46.5 Å². The Labute approximate surface area is 83.1 Å². The number of carbonyl (C=O) groups excluding carboxylic acids is 1. The summed E-state index contributed by atoms with van der Waals surface area (Å²) < 4.78 is 0. The average molecular weight is 191 g/mol. The van der Waals surface area contributed by atoms with Crippen LogP contribution in [0, 0.1) is 4.91 Å². The fourth-order valence-corrected chi connectivity index (χ4v) is 1.30. The molecule has 0 amide bonds. The minimum atomic E-state index is -0.0325. The first-order valence-electron chi connectivity index (χ1n) is 4.72. The molecule has 0 saturated carbocycles. The van der Waals surface area contributed by atoms with E-state index in [2.05, 4.69) is 5.18 Å². The third-order valence-corrected chi connectivity index (χ3v) is 2.19. The summed E-state index contributed by atoms with van der Waals surface area (Å²) in [4.78, 5) is 21.9. The van der Waals surface area contributed by atoms with Crippen molar-refractivity contribution in [3.63, 3.8) is 0 Å². The Morgan fingerprint density at radius 2 is 2.07 bits per heavy atom. The molecular weight excluding hydrogens is 178 g/mol. The van der Waals surface area contributed by atoms with Crippen molar-refractivity contribution in [2.75, 3.05) is 0 Å². The molecule has 0 unspecified atom stereocenters. The van der Waals surface area contributed by atoms with Gasteiger partial charge in [-0.05, 0) is 29.3 Å². The molecule has 1 aromatic rings. The summed E-state index contributed by atoms with van der Waals surface area (Å²) in [6.45, 7) is 3.78. The van der Waals surface area contributed by atoms with Crippen LogP contribution in [0.1, 0.15) is 36.2 Å². The number of carbonyl (C=O) groups is 1. The molecule has 1 rings (SSSR count). The molecule has 0 atom stereocenters. The van der Waals surface area contributed by atoms with Crippen molar-refractivity contribution >= 4 is 11.5 Å². The largest absolute Gasteiger partial charge is 0.294 e. The molecule has 0 aliphatic rings. The van der Waals surface area contributed by atoms with Crippen molar-refractivity contribution in [2.45, 2.75) is 26.7 Å². The molecule has 14 heavy (non-hydrogen) atoms. The van der Waals surface area contributed by atoms with Crippen LogP contribution in [0.15, 0.2) is 23.4 Å². The molecule has 74 valence electrons. The molecule has 0 spiro atoms. The Bertz CT molecular complexity index is 358.